The zero-order valence-electron chi connectivity index (χ0n) is 11.5. The molecule has 2 amide bonds. The number of hydrazine groups is 1. The van der Waals surface area contributed by atoms with Gasteiger partial charge in [0.1, 0.15) is 10.1 Å². The SMILES string of the molecule is O=C(COc1ccc(Cl)cc1)NNC(=O)CSC1=NCCS1. The number of benzene rings is 1. The Bertz CT molecular complexity index is 566. The fourth-order valence-corrected chi connectivity index (χ4v) is 3.36. The van der Waals surface area contributed by atoms with Gasteiger partial charge in [-0.3, -0.25) is 25.4 Å². The first-order chi connectivity index (χ1) is 10.6. The molecule has 0 bridgehead atoms. The minimum absolute atomic E-state index is 0.197. The molecule has 0 atom stereocenters. The average Bonchev–Trinajstić information content (AvgIpc) is 3.04. The number of carbonyl (C=O) groups excluding carboxylic acids is 2. The van der Waals surface area contributed by atoms with Gasteiger partial charge in [-0.1, -0.05) is 35.1 Å². The van der Waals surface area contributed by atoms with Gasteiger partial charge >= 0.3 is 0 Å². The van der Waals surface area contributed by atoms with Gasteiger partial charge in [0.25, 0.3) is 5.91 Å². The molecule has 0 saturated carbocycles. The molecular formula is C13H14ClN3O3S2. The molecule has 0 saturated heterocycles. The third-order valence-corrected chi connectivity index (χ3v) is 4.91. The summed E-state index contributed by atoms with van der Waals surface area (Å²) in [5.74, 6) is 0.964. The number of halogens is 1. The van der Waals surface area contributed by atoms with Crippen molar-refractivity contribution in [2.24, 2.45) is 4.99 Å². The molecule has 0 radical (unpaired) electrons. The molecule has 1 aromatic carbocycles. The van der Waals surface area contributed by atoms with E-state index in [4.69, 9.17) is 16.3 Å². The van der Waals surface area contributed by atoms with E-state index < -0.39 is 5.91 Å². The van der Waals surface area contributed by atoms with E-state index in [2.05, 4.69) is 15.8 Å². The van der Waals surface area contributed by atoms with Crippen LogP contribution in [0.3, 0.4) is 0 Å². The van der Waals surface area contributed by atoms with E-state index in [1.165, 1.54) is 11.8 Å². The van der Waals surface area contributed by atoms with Crippen molar-refractivity contribution in [1.82, 2.24) is 10.9 Å². The fourth-order valence-electron chi connectivity index (χ4n) is 1.42. The number of rotatable bonds is 5. The lowest BCUT2D eigenvalue weighted by Crippen LogP contribution is -2.44. The van der Waals surface area contributed by atoms with Gasteiger partial charge in [0.2, 0.25) is 5.91 Å². The highest BCUT2D eigenvalue weighted by atomic mass is 35.5. The fraction of sp³-hybridized carbons (Fsp3) is 0.308. The maximum atomic E-state index is 11.5. The molecule has 1 heterocycles. The Balaban J connectivity index is 1.60. The first-order valence-electron chi connectivity index (χ1n) is 6.39. The summed E-state index contributed by atoms with van der Waals surface area (Å²) < 4.78 is 6.16. The van der Waals surface area contributed by atoms with Crippen molar-refractivity contribution in [3.8, 4) is 5.75 Å². The van der Waals surface area contributed by atoms with Gasteiger partial charge < -0.3 is 4.74 Å². The van der Waals surface area contributed by atoms with E-state index in [9.17, 15) is 9.59 Å². The summed E-state index contributed by atoms with van der Waals surface area (Å²) in [6.07, 6.45) is 0. The van der Waals surface area contributed by atoms with Crippen LogP contribution in [0.4, 0.5) is 0 Å². The molecule has 0 spiro atoms. The average molecular weight is 360 g/mol. The van der Waals surface area contributed by atoms with Crippen LogP contribution < -0.4 is 15.6 Å². The van der Waals surface area contributed by atoms with Crippen LogP contribution in [0.15, 0.2) is 29.3 Å². The smallest absolute Gasteiger partial charge is 0.276 e. The van der Waals surface area contributed by atoms with E-state index in [-0.39, 0.29) is 18.3 Å². The number of hydrogen-bond donors (Lipinski definition) is 2. The summed E-state index contributed by atoms with van der Waals surface area (Å²) in [4.78, 5) is 27.3. The van der Waals surface area contributed by atoms with Crippen molar-refractivity contribution in [3.63, 3.8) is 0 Å². The van der Waals surface area contributed by atoms with Crippen molar-refractivity contribution in [2.45, 2.75) is 0 Å². The van der Waals surface area contributed by atoms with Crippen LogP contribution in [-0.2, 0) is 9.59 Å². The Morgan fingerprint density at radius 3 is 2.68 bits per heavy atom. The first kappa shape index (κ1) is 17.0. The van der Waals surface area contributed by atoms with Gasteiger partial charge in [0.15, 0.2) is 6.61 Å². The molecule has 6 nitrogen and oxygen atoms in total. The van der Waals surface area contributed by atoms with Crippen molar-refractivity contribution < 1.29 is 14.3 Å². The Labute approximate surface area is 141 Å². The van der Waals surface area contributed by atoms with Gasteiger partial charge in [-0.05, 0) is 24.3 Å². The molecule has 2 N–H and O–H groups in total. The molecule has 1 aromatic rings. The number of hydrogen-bond acceptors (Lipinski definition) is 6. The number of nitrogens with zero attached hydrogens (tertiary/aromatic N) is 1. The van der Waals surface area contributed by atoms with Crippen LogP contribution in [-0.4, -0.2) is 40.8 Å². The predicted octanol–water partition coefficient (Wildman–Crippen LogP) is 1.70. The zero-order valence-corrected chi connectivity index (χ0v) is 13.9. The lowest BCUT2D eigenvalue weighted by atomic mass is 10.3. The van der Waals surface area contributed by atoms with Gasteiger partial charge in [-0.2, -0.15) is 0 Å². The van der Waals surface area contributed by atoms with E-state index >= 15 is 0 Å². The Kier molecular flexibility index (Phi) is 6.88. The number of carbonyl (C=O) groups is 2. The van der Waals surface area contributed by atoms with Crippen molar-refractivity contribution in [1.29, 1.82) is 0 Å². The Morgan fingerprint density at radius 2 is 2.00 bits per heavy atom. The summed E-state index contributed by atoms with van der Waals surface area (Å²) in [5.41, 5.74) is 4.62. The number of thioether (sulfide) groups is 2. The van der Waals surface area contributed by atoms with Gasteiger partial charge in [-0.25, -0.2) is 0 Å². The van der Waals surface area contributed by atoms with Crippen LogP contribution in [0, 0.1) is 0 Å². The molecule has 22 heavy (non-hydrogen) atoms. The predicted molar refractivity (Wildman–Crippen MR) is 90.5 cm³/mol. The molecule has 0 unspecified atom stereocenters. The third kappa shape index (κ3) is 6.17. The summed E-state index contributed by atoms with van der Waals surface area (Å²) in [7, 11) is 0. The molecular weight excluding hydrogens is 346 g/mol. The standard InChI is InChI=1S/C13H14ClN3O3S2/c14-9-1-3-10(4-2-9)20-7-11(18)16-17-12(19)8-22-13-15-5-6-21-13/h1-4H,5-8H2,(H,16,18)(H,17,19). The number of ether oxygens (including phenoxy) is 1. The molecule has 0 fully saturated rings. The van der Waals surface area contributed by atoms with E-state index in [0.717, 1.165) is 16.7 Å². The molecule has 9 heteroatoms. The molecule has 1 aliphatic heterocycles. The highest BCUT2D eigenvalue weighted by Gasteiger charge is 2.11. The summed E-state index contributed by atoms with van der Waals surface area (Å²) in [5, 5.41) is 0.589. The lowest BCUT2D eigenvalue weighted by molar-refractivity contribution is -0.128. The highest BCUT2D eigenvalue weighted by Crippen LogP contribution is 2.21. The van der Waals surface area contributed by atoms with Gasteiger partial charge in [-0.15, -0.1) is 0 Å². The Morgan fingerprint density at radius 1 is 1.27 bits per heavy atom. The highest BCUT2D eigenvalue weighted by molar-refractivity contribution is 8.39. The second kappa shape index (κ2) is 8.92. The third-order valence-electron chi connectivity index (χ3n) is 2.41. The summed E-state index contributed by atoms with van der Waals surface area (Å²) in [6, 6.07) is 6.64. The van der Waals surface area contributed by atoms with E-state index in [1.54, 1.807) is 36.0 Å². The Hall–Kier alpha value is -1.38. The van der Waals surface area contributed by atoms with E-state index in [0.29, 0.717) is 10.8 Å². The largest absolute Gasteiger partial charge is 0.484 e. The maximum absolute atomic E-state index is 11.5. The lowest BCUT2D eigenvalue weighted by Gasteiger charge is -2.08. The molecule has 0 aromatic heterocycles. The second-order valence-corrected chi connectivity index (χ2v) is 6.87. The molecule has 1 aliphatic rings. The van der Waals surface area contributed by atoms with Gasteiger partial charge in [0, 0.05) is 10.8 Å². The number of amides is 2. The van der Waals surface area contributed by atoms with Crippen LogP contribution >= 0.6 is 35.1 Å². The van der Waals surface area contributed by atoms with Crippen LogP contribution in [0.1, 0.15) is 0 Å². The van der Waals surface area contributed by atoms with Crippen molar-refractivity contribution >= 4 is 51.3 Å². The summed E-state index contributed by atoms with van der Waals surface area (Å²) >= 11 is 8.73. The molecule has 0 aliphatic carbocycles. The zero-order chi connectivity index (χ0) is 15.8. The maximum Gasteiger partial charge on any atom is 0.276 e. The van der Waals surface area contributed by atoms with Crippen LogP contribution in [0.2, 0.25) is 5.02 Å². The number of aliphatic imine (C=N–C) groups is 1. The quantitative estimate of drug-likeness (QED) is 0.782. The summed E-state index contributed by atoms with van der Waals surface area (Å²) in [6.45, 7) is 0.602. The monoisotopic (exact) mass is 359 g/mol. The van der Waals surface area contributed by atoms with Crippen molar-refractivity contribution in [3.05, 3.63) is 29.3 Å². The second-order valence-electron chi connectivity index (χ2n) is 4.12. The minimum atomic E-state index is -0.444. The molecule has 2 rings (SSSR count). The minimum Gasteiger partial charge on any atom is -0.484 e. The van der Waals surface area contributed by atoms with E-state index in [1.807, 2.05) is 0 Å². The van der Waals surface area contributed by atoms with Crippen molar-refractivity contribution in [2.75, 3.05) is 24.7 Å². The normalized spacial score (nSPS) is 13.4. The van der Waals surface area contributed by atoms with Gasteiger partial charge in [0.05, 0.1) is 12.3 Å². The van der Waals surface area contributed by atoms with Crippen LogP contribution in [0.25, 0.3) is 0 Å². The van der Waals surface area contributed by atoms with Crippen LogP contribution in [0.5, 0.6) is 5.75 Å². The molecule has 118 valence electrons. The topological polar surface area (TPSA) is 79.8 Å². The first-order valence-corrected chi connectivity index (χ1v) is 8.74. The number of nitrogens with one attached hydrogen (secondary N) is 2.